The molecule has 0 bridgehead atoms. The maximum atomic E-state index is 12.1. The zero-order chi connectivity index (χ0) is 22.2. The summed E-state index contributed by atoms with van der Waals surface area (Å²) in [6.07, 6.45) is 3.07. The van der Waals surface area contributed by atoms with E-state index in [-0.39, 0.29) is 12.6 Å². The summed E-state index contributed by atoms with van der Waals surface area (Å²) in [5, 5.41) is 11.0. The van der Waals surface area contributed by atoms with Crippen LogP contribution in [0.1, 0.15) is 54.1 Å². The molecule has 0 saturated carbocycles. The number of imidazole rings is 1. The van der Waals surface area contributed by atoms with Gasteiger partial charge in [-0.25, -0.2) is 9.78 Å². The molecule has 3 aromatic rings. The highest BCUT2D eigenvalue weighted by Crippen LogP contribution is 2.27. The van der Waals surface area contributed by atoms with Crippen LogP contribution >= 0.6 is 11.8 Å². The lowest BCUT2D eigenvalue weighted by Gasteiger charge is -2.13. The predicted octanol–water partition coefficient (Wildman–Crippen LogP) is 5.33. The zero-order valence-electron chi connectivity index (χ0n) is 18.4. The predicted molar refractivity (Wildman–Crippen MR) is 125 cm³/mol. The van der Waals surface area contributed by atoms with Crippen molar-refractivity contribution in [2.75, 3.05) is 12.9 Å². The van der Waals surface area contributed by atoms with E-state index in [0.717, 1.165) is 58.2 Å². The van der Waals surface area contributed by atoms with Crippen LogP contribution in [0.2, 0.25) is 0 Å². The molecule has 1 aromatic heterocycles. The summed E-state index contributed by atoms with van der Waals surface area (Å²) in [6.45, 7) is 4.91. The van der Waals surface area contributed by atoms with Gasteiger partial charge in [-0.3, -0.25) is 0 Å². The summed E-state index contributed by atoms with van der Waals surface area (Å²) in [4.78, 5) is 16.9. The van der Waals surface area contributed by atoms with Gasteiger partial charge >= 0.3 is 5.97 Å². The molecule has 1 N–H and O–H groups in total. The van der Waals surface area contributed by atoms with Crippen LogP contribution in [0.25, 0.3) is 11.1 Å². The van der Waals surface area contributed by atoms with Crippen molar-refractivity contribution in [3.05, 3.63) is 71.2 Å². The molecule has 0 amide bonds. The normalized spacial score (nSPS) is 11.0. The Morgan fingerprint density at radius 3 is 2.52 bits per heavy atom. The average Bonchev–Trinajstić information content (AvgIpc) is 3.13. The number of ether oxygens (including phenoxy) is 1. The molecule has 0 atom stereocenters. The average molecular weight is 439 g/mol. The minimum Gasteiger partial charge on any atom is -0.465 e. The topological polar surface area (TPSA) is 64.4 Å². The number of esters is 1. The fourth-order valence-corrected chi connectivity index (χ4v) is 4.41. The summed E-state index contributed by atoms with van der Waals surface area (Å²) < 4.78 is 7.08. The zero-order valence-corrected chi connectivity index (χ0v) is 19.2. The third kappa shape index (κ3) is 5.38. The first kappa shape index (κ1) is 23.1. The van der Waals surface area contributed by atoms with Gasteiger partial charge in [-0.1, -0.05) is 62.7 Å². The quantitative estimate of drug-likeness (QED) is 0.342. The van der Waals surface area contributed by atoms with Gasteiger partial charge in [0, 0.05) is 13.0 Å². The van der Waals surface area contributed by atoms with Gasteiger partial charge in [-0.15, -0.1) is 11.8 Å². The van der Waals surface area contributed by atoms with Gasteiger partial charge in [0.05, 0.1) is 25.0 Å². The van der Waals surface area contributed by atoms with Crippen molar-refractivity contribution in [3.8, 4) is 11.1 Å². The maximum Gasteiger partial charge on any atom is 0.338 e. The van der Waals surface area contributed by atoms with Crippen molar-refractivity contribution in [2.45, 2.75) is 51.3 Å². The number of unbranched alkanes of at least 4 members (excludes halogenated alkanes) is 1. The van der Waals surface area contributed by atoms with Crippen LogP contribution < -0.4 is 0 Å². The molecule has 2 aromatic carbocycles. The first-order valence-corrected chi connectivity index (χ1v) is 11.7. The van der Waals surface area contributed by atoms with Crippen molar-refractivity contribution in [1.82, 2.24) is 9.55 Å². The molecule has 0 aliphatic carbocycles. The maximum absolute atomic E-state index is 12.1. The Labute approximate surface area is 188 Å². The number of benzene rings is 2. The molecule has 0 spiro atoms. The lowest BCUT2D eigenvalue weighted by atomic mass is 9.98. The number of aromatic nitrogens is 2. The van der Waals surface area contributed by atoms with E-state index in [2.05, 4.69) is 30.5 Å². The summed E-state index contributed by atoms with van der Waals surface area (Å²) in [5.74, 6) is 1.61. The second-order valence-electron chi connectivity index (χ2n) is 7.29. The lowest BCUT2D eigenvalue weighted by Crippen LogP contribution is -2.09. The third-order valence-corrected chi connectivity index (χ3v) is 6.13. The smallest absolute Gasteiger partial charge is 0.338 e. The van der Waals surface area contributed by atoms with Gasteiger partial charge in [-0.05, 0) is 34.9 Å². The van der Waals surface area contributed by atoms with Crippen molar-refractivity contribution < 1.29 is 14.6 Å². The number of carbonyl (C=O) groups is 1. The Morgan fingerprint density at radius 2 is 1.87 bits per heavy atom. The van der Waals surface area contributed by atoms with E-state index >= 15 is 0 Å². The Morgan fingerprint density at radius 1 is 1.13 bits per heavy atom. The summed E-state index contributed by atoms with van der Waals surface area (Å²) in [7, 11) is 1.40. The number of aliphatic hydroxyl groups excluding tert-OH is 1. The summed E-state index contributed by atoms with van der Waals surface area (Å²) in [5.41, 5.74) is 4.38. The van der Waals surface area contributed by atoms with Crippen LogP contribution in [0, 0.1) is 0 Å². The van der Waals surface area contributed by atoms with Gasteiger partial charge in [0.25, 0.3) is 0 Å². The molecule has 0 unspecified atom stereocenters. The van der Waals surface area contributed by atoms with Crippen molar-refractivity contribution in [3.63, 3.8) is 0 Å². The van der Waals surface area contributed by atoms with Crippen LogP contribution in [0.4, 0.5) is 0 Å². The SMILES string of the molecule is CCCCc1nc(SCC)c(CO)n1Cc1ccc(-c2ccccc2C(=O)OC)cc1. The van der Waals surface area contributed by atoms with E-state index in [9.17, 15) is 9.90 Å². The van der Waals surface area contributed by atoms with Gasteiger partial charge in [-0.2, -0.15) is 0 Å². The van der Waals surface area contributed by atoms with Gasteiger partial charge in [0.2, 0.25) is 0 Å². The highest BCUT2D eigenvalue weighted by atomic mass is 32.2. The van der Waals surface area contributed by atoms with Gasteiger partial charge < -0.3 is 14.4 Å². The second-order valence-corrected chi connectivity index (χ2v) is 8.55. The molecular formula is C25H30N2O3S. The Hall–Kier alpha value is -2.57. The fourth-order valence-electron chi connectivity index (χ4n) is 3.63. The van der Waals surface area contributed by atoms with E-state index in [1.54, 1.807) is 17.8 Å². The van der Waals surface area contributed by atoms with Gasteiger partial charge in [0.15, 0.2) is 0 Å². The number of methoxy groups -OCH3 is 1. The number of aryl methyl sites for hydroxylation is 1. The molecule has 0 saturated heterocycles. The molecule has 0 fully saturated rings. The highest BCUT2D eigenvalue weighted by Gasteiger charge is 2.17. The Balaban J connectivity index is 1.90. The van der Waals surface area contributed by atoms with E-state index < -0.39 is 0 Å². The van der Waals surface area contributed by atoms with Gasteiger partial charge in [0.1, 0.15) is 10.9 Å². The number of nitrogens with zero attached hydrogens (tertiary/aromatic N) is 2. The number of carbonyl (C=O) groups excluding carboxylic acids is 1. The second kappa shape index (κ2) is 11.2. The molecule has 164 valence electrons. The molecule has 0 aliphatic rings. The van der Waals surface area contributed by atoms with E-state index in [1.165, 1.54) is 7.11 Å². The van der Waals surface area contributed by atoms with Crippen LogP contribution in [-0.4, -0.2) is 33.5 Å². The molecule has 0 radical (unpaired) electrons. The highest BCUT2D eigenvalue weighted by molar-refractivity contribution is 7.99. The van der Waals surface area contributed by atoms with Crippen LogP contribution in [0.3, 0.4) is 0 Å². The van der Waals surface area contributed by atoms with Crippen molar-refractivity contribution in [1.29, 1.82) is 0 Å². The van der Waals surface area contributed by atoms with E-state index in [1.807, 2.05) is 30.3 Å². The molecule has 5 nitrogen and oxygen atoms in total. The molecule has 3 rings (SSSR count). The molecule has 1 heterocycles. The largest absolute Gasteiger partial charge is 0.465 e. The molecule has 31 heavy (non-hydrogen) atoms. The Kier molecular flexibility index (Phi) is 8.32. The van der Waals surface area contributed by atoms with Crippen LogP contribution in [-0.2, 0) is 24.3 Å². The summed E-state index contributed by atoms with van der Waals surface area (Å²) >= 11 is 1.68. The third-order valence-electron chi connectivity index (χ3n) is 5.24. The fraction of sp³-hybridized carbons (Fsp3) is 0.360. The van der Waals surface area contributed by atoms with Crippen LogP contribution in [0.5, 0.6) is 0 Å². The number of rotatable bonds is 10. The van der Waals surface area contributed by atoms with E-state index in [0.29, 0.717) is 12.1 Å². The minimum atomic E-state index is -0.341. The standard InChI is InChI=1S/C25H30N2O3S/c1-4-6-11-23-26-24(31-5-2)22(17-28)27(23)16-18-12-14-19(15-13-18)20-9-7-8-10-21(20)25(29)30-3/h7-10,12-15,28H,4-6,11,16-17H2,1-3H3. The molecule has 6 heteroatoms. The molecular weight excluding hydrogens is 408 g/mol. The Bertz CT molecular complexity index is 1010. The van der Waals surface area contributed by atoms with E-state index in [4.69, 9.17) is 9.72 Å². The first-order chi connectivity index (χ1) is 15.1. The number of hydrogen-bond acceptors (Lipinski definition) is 5. The summed E-state index contributed by atoms with van der Waals surface area (Å²) in [6, 6.07) is 15.7. The first-order valence-electron chi connectivity index (χ1n) is 10.7. The number of thioether (sulfide) groups is 1. The van der Waals surface area contributed by atoms with Crippen LogP contribution in [0.15, 0.2) is 53.6 Å². The van der Waals surface area contributed by atoms with Crippen molar-refractivity contribution in [2.24, 2.45) is 0 Å². The number of hydrogen-bond donors (Lipinski definition) is 1. The monoisotopic (exact) mass is 438 g/mol. The number of aliphatic hydroxyl groups is 1. The molecule has 0 aliphatic heterocycles. The van der Waals surface area contributed by atoms with Crippen molar-refractivity contribution >= 4 is 17.7 Å². The minimum absolute atomic E-state index is 0.0218. The lowest BCUT2D eigenvalue weighted by molar-refractivity contribution is 0.0601.